The normalized spacial score (nSPS) is 15.7. The van der Waals surface area contributed by atoms with Crippen LogP contribution in [-0.4, -0.2) is 58.5 Å². The van der Waals surface area contributed by atoms with Crippen LogP contribution >= 0.6 is 11.8 Å². The molecule has 2 N–H and O–H groups in total. The number of morpholine rings is 1. The summed E-state index contributed by atoms with van der Waals surface area (Å²) < 4.78 is 5.41. The van der Waals surface area contributed by atoms with Crippen molar-refractivity contribution in [2.45, 2.75) is 4.90 Å². The molecular formula is C21H22N4OS. The fourth-order valence-electron chi connectivity index (χ4n) is 3.59. The molecule has 0 saturated carbocycles. The molecule has 1 aliphatic heterocycles. The molecule has 1 aliphatic rings. The van der Waals surface area contributed by atoms with Crippen LogP contribution in [0, 0.1) is 0 Å². The van der Waals surface area contributed by atoms with Crippen molar-refractivity contribution in [2.24, 2.45) is 0 Å². The zero-order valence-corrected chi connectivity index (χ0v) is 15.9. The molecule has 2 aromatic heterocycles. The van der Waals surface area contributed by atoms with Gasteiger partial charge in [0.1, 0.15) is 5.82 Å². The highest BCUT2D eigenvalue weighted by Crippen LogP contribution is 2.29. The summed E-state index contributed by atoms with van der Waals surface area (Å²) in [5.41, 5.74) is 4.34. The fourth-order valence-corrected chi connectivity index (χ4v) is 4.54. The monoisotopic (exact) mass is 378 g/mol. The molecule has 4 aromatic rings. The fraction of sp³-hybridized carbons (Fsp3) is 0.286. The second-order valence-corrected chi connectivity index (χ2v) is 7.98. The average molecular weight is 379 g/mol. The average Bonchev–Trinajstić information content (AvgIpc) is 3.32. The van der Waals surface area contributed by atoms with E-state index in [1.807, 2.05) is 24.0 Å². The standard InChI is InChI=1S/C21H22N4OS/c1-2-4-18-16(3-1)17(14-22-18)21-23-19-6-5-15(13-20(19)24-21)27-12-9-25-7-10-26-11-8-25/h1-6,13-14,22H,7-12H2,(H,23,24). The Morgan fingerprint density at radius 3 is 2.89 bits per heavy atom. The molecule has 27 heavy (non-hydrogen) atoms. The lowest BCUT2D eigenvalue weighted by Crippen LogP contribution is -2.37. The summed E-state index contributed by atoms with van der Waals surface area (Å²) in [5.74, 6) is 2.01. The van der Waals surface area contributed by atoms with Crippen molar-refractivity contribution in [1.82, 2.24) is 19.9 Å². The second-order valence-electron chi connectivity index (χ2n) is 6.81. The summed E-state index contributed by atoms with van der Waals surface area (Å²) in [6.45, 7) is 4.93. The van der Waals surface area contributed by atoms with E-state index in [4.69, 9.17) is 9.72 Å². The molecule has 5 nitrogen and oxygen atoms in total. The summed E-state index contributed by atoms with van der Waals surface area (Å²) in [4.78, 5) is 15.4. The number of imidazole rings is 1. The Kier molecular flexibility index (Phi) is 4.61. The molecule has 5 rings (SSSR count). The maximum Gasteiger partial charge on any atom is 0.140 e. The van der Waals surface area contributed by atoms with Gasteiger partial charge in [-0.2, -0.15) is 0 Å². The Hall–Kier alpha value is -2.28. The van der Waals surface area contributed by atoms with E-state index in [1.165, 1.54) is 10.3 Å². The van der Waals surface area contributed by atoms with Crippen LogP contribution in [0.1, 0.15) is 0 Å². The smallest absolute Gasteiger partial charge is 0.140 e. The SMILES string of the molecule is c1ccc2c(-c3nc4ccc(SCCN5CCOCC5)cc4[nH]3)c[nH]c2c1. The second kappa shape index (κ2) is 7.38. The van der Waals surface area contributed by atoms with E-state index in [-0.39, 0.29) is 0 Å². The van der Waals surface area contributed by atoms with Crippen molar-refractivity contribution in [3.8, 4) is 11.4 Å². The molecule has 0 bridgehead atoms. The number of ether oxygens (including phenoxy) is 1. The molecule has 1 saturated heterocycles. The number of aromatic nitrogens is 3. The van der Waals surface area contributed by atoms with Gasteiger partial charge in [0, 0.05) is 52.9 Å². The van der Waals surface area contributed by atoms with Crippen LogP contribution in [0.3, 0.4) is 0 Å². The Labute approximate surface area is 162 Å². The molecule has 2 aromatic carbocycles. The lowest BCUT2D eigenvalue weighted by Gasteiger charge is -2.26. The van der Waals surface area contributed by atoms with Gasteiger partial charge in [0.15, 0.2) is 0 Å². The molecule has 0 radical (unpaired) electrons. The molecule has 138 valence electrons. The third-order valence-corrected chi connectivity index (χ3v) is 6.05. The van der Waals surface area contributed by atoms with Gasteiger partial charge in [-0.25, -0.2) is 4.98 Å². The molecule has 3 heterocycles. The summed E-state index contributed by atoms with van der Waals surface area (Å²) in [5, 5.41) is 1.19. The molecule has 0 spiro atoms. The third-order valence-electron chi connectivity index (χ3n) is 5.08. The summed E-state index contributed by atoms with van der Waals surface area (Å²) in [6, 6.07) is 14.8. The summed E-state index contributed by atoms with van der Waals surface area (Å²) in [7, 11) is 0. The lowest BCUT2D eigenvalue weighted by atomic mass is 10.2. The maximum atomic E-state index is 5.41. The lowest BCUT2D eigenvalue weighted by molar-refractivity contribution is 0.0410. The van der Waals surface area contributed by atoms with Gasteiger partial charge >= 0.3 is 0 Å². The highest BCUT2D eigenvalue weighted by Gasteiger charge is 2.12. The van der Waals surface area contributed by atoms with Crippen molar-refractivity contribution >= 4 is 33.7 Å². The van der Waals surface area contributed by atoms with E-state index in [2.05, 4.69) is 51.3 Å². The van der Waals surface area contributed by atoms with E-state index in [1.54, 1.807) is 0 Å². The number of nitrogens with zero attached hydrogens (tertiary/aromatic N) is 2. The molecule has 0 atom stereocenters. The first-order valence-corrected chi connectivity index (χ1v) is 10.3. The number of para-hydroxylation sites is 1. The molecule has 1 fully saturated rings. The van der Waals surface area contributed by atoms with E-state index in [0.717, 1.165) is 66.5 Å². The quantitative estimate of drug-likeness (QED) is 0.513. The van der Waals surface area contributed by atoms with Crippen LogP contribution in [-0.2, 0) is 4.74 Å². The number of aromatic amines is 2. The van der Waals surface area contributed by atoms with Crippen LogP contribution in [0.2, 0.25) is 0 Å². The van der Waals surface area contributed by atoms with Crippen molar-refractivity contribution < 1.29 is 4.74 Å². The largest absolute Gasteiger partial charge is 0.379 e. The van der Waals surface area contributed by atoms with Gasteiger partial charge in [-0.15, -0.1) is 11.8 Å². The minimum atomic E-state index is 0.862. The van der Waals surface area contributed by atoms with Crippen molar-refractivity contribution in [1.29, 1.82) is 0 Å². The zero-order chi connectivity index (χ0) is 18.1. The minimum Gasteiger partial charge on any atom is -0.379 e. The Morgan fingerprint density at radius 2 is 1.96 bits per heavy atom. The highest BCUT2D eigenvalue weighted by atomic mass is 32.2. The zero-order valence-electron chi connectivity index (χ0n) is 15.1. The number of hydrogen-bond acceptors (Lipinski definition) is 4. The Bertz CT molecular complexity index is 1060. The van der Waals surface area contributed by atoms with Crippen LogP contribution in [0.25, 0.3) is 33.3 Å². The van der Waals surface area contributed by atoms with Gasteiger partial charge in [0.2, 0.25) is 0 Å². The summed E-state index contributed by atoms with van der Waals surface area (Å²) in [6.07, 6.45) is 2.03. The number of thioether (sulfide) groups is 1. The van der Waals surface area contributed by atoms with Crippen LogP contribution < -0.4 is 0 Å². The Balaban J connectivity index is 1.34. The maximum absolute atomic E-state index is 5.41. The van der Waals surface area contributed by atoms with Crippen LogP contribution in [0.5, 0.6) is 0 Å². The number of rotatable bonds is 5. The summed E-state index contributed by atoms with van der Waals surface area (Å²) >= 11 is 1.90. The number of hydrogen-bond donors (Lipinski definition) is 2. The van der Waals surface area contributed by atoms with Crippen molar-refractivity contribution in [2.75, 3.05) is 38.6 Å². The first-order valence-electron chi connectivity index (χ1n) is 9.36. The molecule has 0 amide bonds. The number of H-pyrrole nitrogens is 2. The van der Waals surface area contributed by atoms with Gasteiger partial charge in [-0.05, 0) is 24.3 Å². The molecule has 6 heteroatoms. The van der Waals surface area contributed by atoms with Crippen LogP contribution in [0.4, 0.5) is 0 Å². The highest BCUT2D eigenvalue weighted by molar-refractivity contribution is 7.99. The van der Waals surface area contributed by atoms with E-state index >= 15 is 0 Å². The van der Waals surface area contributed by atoms with Gasteiger partial charge in [-0.1, -0.05) is 18.2 Å². The van der Waals surface area contributed by atoms with Crippen LogP contribution in [0.15, 0.2) is 53.6 Å². The van der Waals surface area contributed by atoms with Gasteiger partial charge < -0.3 is 14.7 Å². The van der Waals surface area contributed by atoms with Gasteiger partial charge in [-0.3, -0.25) is 4.90 Å². The van der Waals surface area contributed by atoms with E-state index in [9.17, 15) is 0 Å². The number of benzene rings is 2. The molecular weight excluding hydrogens is 356 g/mol. The predicted molar refractivity (Wildman–Crippen MR) is 111 cm³/mol. The topological polar surface area (TPSA) is 56.9 Å². The molecule has 0 unspecified atom stereocenters. The Morgan fingerprint density at radius 1 is 1.07 bits per heavy atom. The first kappa shape index (κ1) is 16.9. The minimum absolute atomic E-state index is 0.862. The first-order chi connectivity index (χ1) is 13.4. The van der Waals surface area contributed by atoms with E-state index < -0.39 is 0 Å². The van der Waals surface area contributed by atoms with Crippen molar-refractivity contribution in [3.63, 3.8) is 0 Å². The van der Waals surface area contributed by atoms with Gasteiger partial charge in [0.25, 0.3) is 0 Å². The predicted octanol–water partition coefficient (Wildman–Crippen LogP) is 4.14. The molecule has 0 aliphatic carbocycles. The number of nitrogens with one attached hydrogen (secondary N) is 2. The third kappa shape index (κ3) is 3.48. The number of fused-ring (bicyclic) bond motifs is 2. The van der Waals surface area contributed by atoms with E-state index in [0.29, 0.717) is 0 Å². The van der Waals surface area contributed by atoms with Gasteiger partial charge in [0.05, 0.1) is 24.2 Å². The van der Waals surface area contributed by atoms with Crippen molar-refractivity contribution in [3.05, 3.63) is 48.7 Å².